The lowest BCUT2D eigenvalue weighted by molar-refractivity contribution is -0.121. The fourth-order valence-electron chi connectivity index (χ4n) is 1.56. The first kappa shape index (κ1) is 14.2. The zero-order valence-electron chi connectivity index (χ0n) is 11.3. The van der Waals surface area contributed by atoms with Crippen LogP contribution in [0.25, 0.3) is 0 Å². The number of nitrogens with one attached hydrogen (secondary N) is 2. The molecule has 1 aromatic carbocycles. The van der Waals surface area contributed by atoms with Crippen LogP contribution in [0.5, 0.6) is 0 Å². The first-order valence-electron chi connectivity index (χ1n) is 5.94. The van der Waals surface area contributed by atoms with Gasteiger partial charge in [-0.1, -0.05) is 12.1 Å². The molecule has 98 valence electrons. The summed E-state index contributed by atoms with van der Waals surface area (Å²) in [5, 5.41) is 5.59. The molecule has 0 spiro atoms. The summed E-state index contributed by atoms with van der Waals surface area (Å²) < 4.78 is 0. The normalized spacial score (nSPS) is 10.9. The Labute approximate surface area is 108 Å². The summed E-state index contributed by atoms with van der Waals surface area (Å²) in [6.07, 6.45) is 0.345. The molecule has 0 fully saturated rings. The largest absolute Gasteiger partial charge is 0.351 e. The van der Waals surface area contributed by atoms with Gasteiger partial charge in [0.1, 0.15) is 0 Å². The number of benzene rings is 1. The molecule has 0 unspecified atom stereocenters. The smallest absolute Gasteiger partial charge is 0.224 e. The predicted molar refractivity (Wildman–Crippen MR) is 72.3 cm³/mol. The molecule has 0 saturated carbocycles. The topological polar surface area (TPSA) is 58.2 Å². The third-order valence-corrected chi connectivity index (χ3v) is 2.15. The molecule has 2 amide bonds. The van der Waals surface area contributed by atoms with Crippen LogP contribution >= 0.6 is 0 Å². The lowest BCUT2D eigenvalue weighted by Crippen LogP contribution is -2.41. The van der Waals surface area contributed by atoms with Crippen molar-refractivity contribution in [2.75, 3.05) is 5.32 Å². The van der Waals surface area contributed by atoms with Gasteiger partial charge in [0.15, 0.2) is 0 Å². The van der Waals surface area contributed by atoms with Crippen LogP contribution in [0.15, 0.2) is 24.3 Å². The number of hydrogen-bond acceptors (Lipinski definition) is 2. The lowest BCUT2D eigenvalue weighted by atomic mass is 10.1. The number of amides is 2. The number of hydrogen-bond donors (Lipinski definition) is 2. The van der Waals surface area contributed by atoms with Crippen LogP contribution in [-0.4, -0.2) is 17.4 Å². The summed E-state index contributed by atoms with van der Waals surface area (Å²) in [5.74, 6) is -0.108. The van der Waals surface area contributed by atoms with Crippen molar-refractivity contribution in [1.29, 1.82) is 0 Å². The van der Waals surface area contributed by atoms with Crippen LogP contribution in [0.1, 0.15) is 33.3 Å². The highest BCUT2D eigenvalue weighted by atomic mass is 16.2. The van der Waals surface area contributed by atoms with Gasteiger partial charge in [-0.15, -0.1) is 0 Å². The minimum atomic E-state index is -0.215. The van der Waals surface area contributed by atoms with Gasteiger partial charge in [0.25, 0.3) is 0 Å². The van der Waals surface area contributed by atoms with Gasteiger partial charge in [-0.05, 0) is 38.5 Å². The van der Waals surface area contributed by atoms with Gasteiger partial charge in [0, 0.05) is 18.2 Å². The minimum absolute atomic E-state index is 0.00484. The Morgan fingerprint density at radius 1 is 1.11 bits per heavy atom. The standard InChI is InChI=1S/C14H20N2O2/c1-10(17)15-12-7-5-11(6-8-12)9-13(18)16-14(2,3)4/h5-8H,9H2,1-4H3,(H,15,17)(H,16,18). The molecule has 1 rings (SSSR count). The zero-order chi connectivity index (χ0) is 13.8. The molecule has 0 aliphatic carbocycles. The molecular weight excluding hydrogens is 228 g/mol. The molecule has 0 aromatic heterocycles. The van der Waals surface area contributed by atoms with E-state index in [0.29, 0.717) is 6.42 Å². The van der Waals surface area contributed by atoms with Crippen molar-refractivity contribution in [3.8, 4) is 0 Å². The quantitative estimate of drug-likeness (QED) is 0.860. The summed E-state index contributed by atoms with van der Waals surface area (Å²) in [4.78, 5) is 22.6. The van der Waals surface area contributed by atoms with Crippen molar-refractivity contribution in [3.05, 3.63) is 29.8 Å². The van der Waals surface area contributed by atoms with Crippen LogP contribution in [0.4, 0.5) is 5.69 Å². The first-order valence-corrected chi connectivity index (χ1v) is 5.94. The van der Waals surface area contributed by atoms with Crippen molar-refractivity contribution < 1.29 is 9.59 Å². The molecule has 0 atom stereocenters. The Bertz CT molecular complexity index is 430. The minimum Gasteiger partial charge on any atom is -0.351 e. The van der Waals surface area contributed by atoms with E-state index in [-0.39, 0.29) is 17.4 Å². The molecule has 0 bridgehead atoms. The summed E-state index contributed by atoms with van der Waals surface area (Å²) >= 11 is 0. The molecule has 0 aliphatic rings. The second kappa shape index (κ2) is 5.67. The number of carbonyl (C=O) groups excluding carboxylic acids is 2. The van der Waals surface area contributed by atoms with Gasteiger partial charge in [0.05, 0.1) is 6.42 Å². The van der Waals surface area contributed by atoms with Gasteiger partial charge < -0.3 is 10.6 Å². The Kier molecular flexibility index (Phi) is 4.48. The van der Waals surface area contributed by atoms with Gasteiger partial charge in [-0.3, -0.25) is 9.59 Å². The van der Waals surface area contributed by atoms with Gasteiger partial charge in [0.2, 0.25) is 11.8 Å². The van der Waals surface area contributed by atoms with E-state index in [9.17, 15) is 9.59 Å². The first-order chi connectivity index (χ1) is 8.26. The van der Waals surface area contributed by atoms with E-state index in [1.165, 1.54) is 6.92 Å². The summed E-state index contributed by atoms with van der Waals surface area (Å²) in [5.41, 5.74) is 1.45. The fraction of sp³-hybridized carbons (Fsp3) is 0.429. The third kappa shape index (κ3) is 5.48. The van der Waals surface area contributed by atoms with Crippen molar-refractivity contribution in [2.45, 2.75) is 39.7 Å². The average Bonchev–Trinajstić information content (AvgIpc) is 2.17. The van der Waals surface area contributed by atoms with Crippen LogP contribution in [0, 0.1) is 0 Å². The maximum Gasteiger partial charge on any atom is 0.224 e. The molecule has 0 radical (unpaired) electrons. The van der Waals surface area contributed by atoms with Crippen molar-refractivity contribution in [1.82, 2.24) is 5.32 Å². The molecule has 0 aliphatic heterocycles. The molecule has 0 saturated heterocycles. The molecular formula is C14H20N2O2. The van der Waals surface area contributed by atoms with E-state index in [1.54, 1.807) is 12.1 Å². The summed E-state index contributed by atoms with van der Waals surface area (Å²) in [6, 6.07) is 7.27. The second-order valence-electron chi connectivity index (χ2n) is 5.35. The Balaban J connectivity index is 2.58. The fourth-order valence-corrected chi connectivity index (χ4v) is 1.56. The number of anilines is 1. The molecule has 0 heterocycles. The number of carbonyl (C=O) groups is 2. The highest BCUT2D eigenvalue weighted by Crippen LogP contribution is 2.10. The molecule has 18 heavy (non-hydrogen) atoms. The SMILES string of the molecule is CC(=O)Nc1ccc(CC(=O)NC(C)(C)C)cc1. The van der Waals surface area contributed by atoms with Gasteiger partial charge in [-0.2, -0.15) is 0 Å². The van der Waals surface area contributed by atoms with Crippen LogP contribution < -0.4 is 10.6 Å². The summed E-state index contributed by atoms with van der Waals surface area (Å²) in [7, 11) is 0. The Morgan fingerprint density at radius 2 is 1.67 bits per heavy atom. The van der Waals surface area contributed by atoms with Crippen LogP contribution in [0.2, 0.25) is 0 Å². The van der Waals surface area contributed by atoms with E-state index in [0.717, 1.165) is 11.3 Å². The maximum atomic E-state index is 11.7. The Hall–Kier alpha value is -1.84. The third-order valence-electron chi connectivity index (χ3n) is 2.15. The monoisotopic (exact) mass is 248 g/mol. The van der Waals surface area contributed by atoms with Crippen molar-refractivity contribution in [3.63, 3.8) is 0 Å². The highest BCUT2D eigenvalue weighted by molar-refractivity contribution is 5.88. The van der Waals surface area contributed by atoms with Crippen LogP contribution in [-0.2, 0) is 16.0 Å². The average molecular weight is 248 g/mol. The molecule has 4 nitrogen and oxygen atoms in total. The van der Waals surface area contributed by atoms with Gasteiger partial charge >= 0.3 is 0 Å². The van der Waals surface area contributed by atoms with E-state index < -0.39 is 0 Å². The summed E-state index contributed by atoms with van der Waals surface area (Å²) in [6.45, 7) is 7.31. The predicted octanol–water partition coefficient (Wildman–Crippen LogP) is 2.10. The van der Waals surface area contributed by atoms with Crippen LogP contribution in [0.3, 0.4) is 0 Å². The van der Waals surface area contributed by atoms with E-state index in [1.807, 2.05) is 32.9 Å². The molecule has 1 aromatic rings. The van der Waals surface area contributed by atoms with Gasteiger partial charge in [-0.25, -0.2) is 0 Å². The zero-order valence-corrected chi connectivity index (χ0v) is 11.3. The number of rotatable bonds is 3. The van der Waals surface area contributed by atoms with E-state index >= 15 is 0 Å². The molecule has 2 N–H and O–H groups in total. The second-order valence-corrected chi connectivity index (χ2v) is 5.35. The van der Waals surface area contributed by atoms with Crippen molar-refractivity contribution in [2.24, 2.45) is 0 Å². The molecule has 4 heteroatoms. The maximum absolute atomic E-state index is 11.7. The lowest BCUT2D eigenvalue weighted by Gasteiger charge is -2.20. The highest BCUT2D eigenvalue weighted by Gasteiger charge is 2.13. The Morgan fingerprint density at radius 3 is 2.11 bits per heavy atom. The van der Waals surface area contributed by atoms with Crippen molar-refractivity contribution >= 4 is 17.5 Å². The van der Waals surface area contributed by atoms with E-state index in [2.05, 4.69) is 10.6 Å². The van der Waals surface area contributed by atoms with E-state index in [4.69, 9.17) is 0 Å².